The van der Waals surface area contributed by atoms with Gasteiger partial charge in [0, 0.05) is 25.7 Å². The molecule has 3 nitrogen and oxygen atoms in total. The van der Waals surface area contributed by atoms with Crippen molar-refractivity contribution in [1.82, 2.24) is 9.80 Å². The van der Waals surface area contributed by atoms with E-state index in [1.54, 1.807) is 0 Å². The summed E-state index contributed by atoms with van der Waals surface area (Å²) in [6.07, 6.45) is 4.15. The Balaban J connectivity index is 1.75. The molecule has 2 heterocycles. The van der Waals surface area contributed by atoms with Crippen LogP contribution in [0.25, 0.3) is 0 Å². The van der Waals surface area contributed by atoms with Gasteiger partial charge in [-0.15, -0.1) is 0 Å². The van der Waals surface area contributed by atoms with Crippen LogP contribution in [0.2, 0.25) is 0 Å². The summed E-state index contributed by atoms with van der Waals surface area (Å²) in [5, 5.41) is 0. The van der Waals surface area contributed by atoms with E-state index >= 15 is 0 Å². The summed E-state index contributed by atoms with van der Waals surface area (Å²) in [7, 11) is 0. The van der Waals surface area contributed by atoms with E-state index in [2.05, 4.69) is 16.7 Å². The fraction of sp³-hybridized carbons (Fsp3) is 1.00. The summed E-state index contributed by atoms with van der Waals surface area (Å²) in [4.78, 5) is 5.22. The van der Waals surface area contributed by atoms with Crippen LogP contribution >= 0.6 is 0 Å². The predicted molar refractivity (Wildman–Crippen MR) is 63.9 cm³/mol. The molecule has 88 valence electrons. The van der Waals surface area contributed by atoms with E-state index in [0.717, 1.165) is 25.0 Å². The average Bonchev–Trinajstić information content (AvgIpc) is 2.68. The second-order valence-corrected chi connectivity index (χ2v) is 5.25. The molecule has 2 aliphatic heterocycles. The quantitative estimate of drug-likeness (QED) is 0.748. The van der Waals surface area contributed by atoms with Gasteiger partial charge in [0.05, 0.1) is 0 Å². The van der Waals surface area contributed by atoms with Crippen LogP contribution in [0.1, 0.15) is 26.2 Å². The smallest absolute Gasteiger partial charge is 0.0235 e. The maximum atomic E-state index is 5.60. The average molecular weight is 211 g/mol. The maximum Gasteiger partial charge on any atom is 0.0235 e. The van der Waals surface area contributed by atoms with E-state index in [0.29, 0.717) is 0 Å². The normalized spacial score (nSPS) is 31.2. The van der Waals surface area contributed by atoms with Gasteiger partial charge in [-0.1, -0.05) is 6.92 Å². The van der Waals surface area contributed by atoms with Crippen molar-refractivity contribution in [3.63, 3.8) is 0 Å². The largest absolute Gasteiger partial charge is 0.329 e. The molecule has 0 radical (unpaired) electrons. The molecule has 0 aliphatic carbocycles. The Kier molecular flexibility index (Phi) is 4.00. The highest BCUT2D eigenvalue weighted by Gasteiger charge is 2.28. The van der Waals surface area contributed by atoms with Crippen LogP contribution in [-0.2, 0) is 0 Å². The summed E-state index contributed by atoms with van der Waals surface area (Å²) in [5.74, 6) is 0.947. The lowest BCUT2D eigenvalue weighted by Crippen LogP contribution is -2.42. The first-order valence-electron chi connectivity index (χ1n) is 6.46. The molecule has 2 fully saturated rings. The van der Waals surface area contributed by atoms with Gasteiger partial charge >= 0.3 is 0 Å². The highest BCUT2D eigenvalue weighted by atomic mass is 15.3. The molecule has 1 unspecified atom stereocenters. The van der Waals surface area contributed by atoms with Gasteiger partial charge in [0.2, 0.25) is 0 Å². The van der Waals surface area contributed by atoms with Crippen molar-refractivity contribution in [1.29, 1.82) is 0 Å². The van der Waals surface area contributed by atoms with Crippen molar-refractivity contribution in [3.8, 4) is 0 Å². The maximum absolute atomic E-state index is 5.60. The van der Waals surface area contributed by atoms with Gasteiger partial charge in [0.25, 0.3) is 0 Å². The second-order valence-electron chi connectivity index (χ2n) is 5.25. The van der Waals surface area contributed by atoms with Crippen LogP contribution in [0.15, 0.2) is 0 Å². The van der Waals surface area contributed by atoms with E-state index < -0.39 is 0 Å². The van der Waals surface area contributed by atoms with Gasteiger partial charge in [-0.25, -0.2) is 0 Å². The zero-order chi connectivity index (χ0) is 10.7. The van der Waals surface area contributed by atoms with Crippen LogP contribution in [0, 0.1) is 5.92 Å². The SMILES string of the molecule is CC1CCN(C2CCN(CCN)C2)CC1. The summed E-state index contributed by atoms with van der Waals surface area (Å²) >= 11 is 0. The zero-order valence-electron chi connectivity index (χ0n) is 9.99. The number of rotatable bonds is 3. The number of nitrogens with two attached hydrogens (primary N) is 1. The van der Waals surface area contributed by atoms with Gasteiger partial charge in [0.15, 0.2) is 0 Å². The fourth-order valence-electron chi connectivity index (χ4n) is 2.89. The molecule has 1 atom stereocenters. The highest BCUT2D eigenvalue weighted by molar-refractivity contribution is 4.85. The summed E-state index contributed by atoms with van der Waals surface area (Å²) in [6, 6.07) is 0.823. The number of nitrogens with zero attached hydrogens (tertiary/aromatic N) is 2. The molecule has 2 N–H and O–H groups in total. The molecule has 2 aliphatic rings. The standard InChI is InChI=1S/C12H25N3/c1-11-2-7-15(8-3-11)12-4-6-14(10-12)9-5-13/h11-12H,2-10,13H2,1H3. The van der Waals surface area contributed by atoms with E-state index in [1.807, 2.05) is 0 Å². The van der Waals surface area contributed by atoms with Crippen LogP contribution < -0.4 is 5.73 Å². The number of piperidine rings is 1. The lowest BCUT2D eigenvalue weighted by molar-refractivity contribution is 0.138. The molecule has 0 aromatic heterocycles. The molecular weight excluding hydrogens is 186 g/mol. The van der Waals surface area contributed by atoms with Gasteiger partial charge < -0.3 is 10.6 Å². The van der Waals surface area contributed by atoms with E-state index in [1.165, 1.54) is 45.4 Å². The number of hydrogen-bond donors (Lipinski definition) is 1. The predicted octanol–water partition coefficient (Wildman–Crippen LogP) is 0.751. The van der Waals surface area contributed by atoms with E-state index in [4.69, 9.17) is 5.73 Å². The molecule has 3 heteroatoms. The topological polar surface area (TPSA) is 32.5 Å². The van der Waals surface area contributed by atoms with Crippen molar-refractivity contribution in [2.24, 2.45) is 11.7 Å². The fourth-order valence-corrected chi connectivity index (χ4v) is 2.89. The minimum absolute atomic E-state index is 0.809. The summed E-state index contributed by atoms with van der Waals surface area (Å²) in [5.41, 5.74) is 5.60. The van der Waals surface area contributed by atoms with E-state index in [9.17, 15) is 0 Å². The summed E-state index contributed by atoms with van der Waals surface area (Å²) < 4.78 is 0. The van der Waals surface area contributed by atoms with Crippen LogP contribution in [0.4, 0.5) is 0 Å². The zero-order valence-corrected chi connectivity index (χ0v) is 9.99. The van der Waals surface area contributed by atoms with Gasteiger partial charge in [-0.2, -0.15) is 0 Å². The van der Waals surface area contributed by atoms with E-state index in [-0.39, 0.29) is 0 Å². The minimum atomic E-state index is 0.809. The molecule has 0 bridgehead atoms. The Morgan fingerprint density at radius 2 is 1.87 bits per heavy atom. The molecule has 0 spiro atoms. The number of likely N-dealkylation sites (tertiary alicyclic amines) is 2. The molecule has 0 aromatic rings. The first-order chi connectivity index (χ1) is 7.29. The third-order valence-electron chi connectivity index (χ3n) is 4.03. The lowest BCUT2D eigenvalue weighted by Gasteiger charge is -2.34. The second kappa shape index (κ2) is 5.28. The molecular formula is C12H25N3. The molecule has 0 amide bonds. The Morgan fingerprint density at radius 3 is 2.53 bits per heavy atom. The van der Waals surface area contributed by atoms with Crippen molar-refractivity contribution in [3.05, 3.63) is 0 Å². The Morgan fingerprint density at radius 1 is 1.13 bits per heavy atom. The third-order valence-corrected chi connectivity index (χ3v) is 4.03. The number of hydrogen-bond acceptors (Lipinski definition) is 3. The van der Waals surface area contributed by atoms with Crippen molar-refractivity contribution in [2.75, 3.05) is 39.3 Å². The molecule has 15 heavy (non-hydrogen) atoms. The van der Waals surface area contributed by atoms with Gasteiger partial charge in [-0.05, 0) is 44.8 Å². The van der Waals surface area contributed by atoms with Crippen LogP contribution in [0.3, 0.4) is 0 Å². The Hall–Kier alpha value is -0.120. The first kappa shape index (κ1) is 11.4. The van der Waals surface area contributed by atoms with Crippen molar-refractivity contribution < 1.29 is 0 Å². The Labute approximate surface area is 93.6 Å². The van der Waals surface area contributed by atoms with Gasteiger partial charge in [0.1, 0.15) is 0 Å². The highest BCUT2D eigenvalue weighted by Crippen LogP contribution is 2.22. The third kappa shape index (κ3) is 2.92. The first-order valence-corrected chi connectivity index (χ1v) is 6.46. The molecule has 0 aromatic carbocycles. The van der Waals surface area contributed by atoms with Crippen molar-refractivity contribution in [2.45, 2.75) is 32.2 Å². The molecule has 0 saturated carbocycles. The van der Waals surface area contributed by atoms with Crippen LogP contribution in [-0.4, -0.2) is 55.1 Å². The van der Waals surface area contributed by atoms with Gasteiger partial charge in [-0.3, -0.25) is 4.90 Å². The van der Waals surface area contributed by atoms with Crippen molar-refractivity contribution >= 4 is 0 Å². The molecule has 2 saturated heterocycles. The Bertz CT molecular complexity index is 187. The minimum Gasteiger partial charge on any atom is -0.329 e. The summed E-state index contributed by atoms with van der Waals surface area (Å²) in [6.45, 7) is 9.43. The van der Waals surface area contributed by atoms with Crippen LogP contribution in [0.5, 0.6) is 0 Å². The molecule has 2 rings (SSSR count). The lowest BCUT2D eigenvalue weighted by atomic mass is 9.98. The monoisotopic (exact) mass is 211 g/mol.